The van der Waals surface area contributed by atoms with Gasteiger partial charge in [-0.05, 0) is 18.1 Å². The molecule has 1 aliphatic rings. The summed E-state index contributed by atoms with van der Waals surface area (Å²) in [5, 5.41) is 0. The molecule has 1 aliphatic heterocycles. The maximum atomic E-state index is 14.4. The van der Waals surface area contributed by atoms with Crippen LogP contribution in [0.25, 0.3) is 0 Å². The zero-order chi connectivity index (χ0) is 17.0. The molecular weight excluding hydrogens is 303 g/mol. The summed E-state index contributed by atoms with van der Waals surface area (Å²) in [5.74, 6) is -1.70. The summed E-state index contributed by atoms with van der Waals surface area (Å²) in [6.07, 6.45) is -3.10. The molecule has 6 heteroatoms. The van der Waals surface area contributed by atoms with Crippen LogP contribution in [0.2, 0.25) is 0 Å². The van der Waals surface area contributed by atoms with Crippen molar-refractivity contribution >= 4 is 11.9 Å². The molecule has 1 heterocycles. The van der Waals surface area contributed by atoms with Crippen LogP contribution in [0.1, 0.15) is 31.1 Å². The number of carbonyl (C=O) groups excluding carboxylic acids is 2. The number of benzene rings is 1. The summed E-state index contributed by atoms with van der Waals surface area (Å²) < 4.78 is 30.1. The van der Waals surface area contributed by atoms with E-state index in [1.807, 2.05) is 0 Å². The molecule has 1 aromatic carbocycles. The molecule has 1 aromatic rings. The van der Waals surface area contributed by atoms with Crippen molar-refractivity contribution in [3.63, 3.8) is 0 Å². The molecule has 0 aromatic heterocycles. The van der Waals surface area contributed by atoms with Crippen molar-refractivity contribution in [1.82, 2.24) is 0 Å². The predicted molar refractivity (Wildman–Crippen MR) is 80.4 cm³/mol. The van der Waals surface area contributed by atoms with E-state index in [1.165, 1.54) is 6.92 Å². The van der Waals surface area contributed by atoms with Gasteiger partial charge in [-0.15, -0.1) is 0 Å². The van der Waals surface area contributed by atoms with Crippen molar-refractivity contribution in [3.8, 4) is 0 Å². The van der Waals surface area contributed by atoms with Crippen molar-refractivity contribution in [2.75, 3.05) is 6.61 Å². The fourth-order valence-electron chi connectivity index (χ4n) is 2.49. The van der Waals surface area contributed by atoms with Crippen LogP contribution in [-0.4, -0.2) is 37.1 Å². The van der Waals surface area contributed by atoms with E-state index in [-0.39, 0.29) is 18.4 Å². The van der Waals surface area contributed by atoms with E-state index in [1.54, 1.807) is 44.2 Å². The van der Waals surface area contributed by atoms with Gasteiger partial charge in [0.25, 0.3) is 0 Å². The molecule has 5 unspecified atom stereocenters. The number of hydrogen-bond acceptors (Lipinski definition) is 5. The van der Waals surface area contributed by atoms with Gasteiger partial charge in [0.15, 0.2) is 0 Å². The van der Waals surface area contributed by atoms with Crippen molar-refractivity contribution in [1.29, 1.82) is 0 Å². The van der Waals surface area contributed by atoms with Gasteiger partial charge < -0.3 is 14.2 Å². The highest BCUT2D eigenvalue weighted by atomic mass is 19.1. The van der Waals surface area contributed by atoms with E-state index in [0.717, 1.165) is 0 Å². The Morgan fingerprint density at radius 2 is 1.83 bits per heavy atom. The third kappa shape index (κ3) is 4.28. The van der Waals surface area contributed by atoms with E-state index < -0.39 is 30.5 Å². The average Bonchev–Trinajstić information content (AvgIpc) is 2.54. The number of halogens is 1. The zero-order valence-corrected chi connectivity index (χ0v) is 13.4. The molecule has 0 spiro atoms. The monoisotopic (exact) mass is 324 g/mol. The Morgan fingerprint density at radius 1 is 1.17 bits per heavy atom. The third-order valence-corrected chi connectivity index (χ3v) is 4.10. The second-order valence-corrected chi connectivity index (χ2v) is 5.78. The van der Waals surface area contributed by atoms with E-state index in [4.69, 9.17) is 14.2 Å². The van der Waals surface area contributed by atoms with Crippen LogP contribution in [0.3, 0.4) is 0 Å². The second-order valence-electron chi connectivity index (χ2n) is 5.78. The van der Waals surface area contributed by atoms with Gasteiger partial charge in [-0.1, -0.05) is 32.0 Å². The van der Waals surface area contributed by atoms with Crippen LogP contribution in [0.5, 0.6) is 0 Å². The van der Waals surface area contributed by atoms with Gasteiger partial charge in [0.05, 0.1) is 5.56 Å². The Bertz CT molecular complexity index is 547. The van der Waals surface area contributed by atoms with E-state index in [9.17, 15) is 14.0 Å². The molecule has 0 radical (unpaired) electrons. The van der Waals surface area contributed by atoms with Crippen molar-refractivity contribution in [2.45, 2.75) is 39.3 Å². The maximum Gasteiger partial charge on any atom is 0.338 e. The summed E-state index contributed by atoms with van der Waals surface area (Å²) in [6.45, 7) is 4.52. The summed E-state index contributed by atoms with van der Waals surface area (Å²) in [6, 6.07) is 8.44. The number of carbonyl (C=O) groups is 2. The van der Waals surface area contributed by atoms with E-state index in [0.29, 0.717) is 5.56 Å². The molecule has 0 amide bonds. The Balaban J connectivity index is 1.97. The molecule has 0 saturated carbocycles. The highest BCUT2D eigenvalue weighted by Gasteiger charge is 2.43. The van der Waals surface area contributed by atoms with Crippen molar-refractivity contribution in [2.24, 2.45) is 11.8 Å². The van der Waals surface area contributed by atoms with E-state index in [2.05, 4.69) is 0 Å². The van der Waals surface area contributed by atoms with Gasteiger partial charge in [0, 0.05) is 12.8 Å². The Kier molecular flexibility index (Phi) is 5.71. The van der Waals surface area contributed by atoms with Crippen LogP contribution < -0.4 is 0 Å². The highest BCUT2D eigenvalue weighted by molar-refractivity contribution is 5.89. The fourth-order valence-corrected chi connectivity index (χ4v) is 2.49. The smallest absolute Gasteiger partial charge is 0.338 e. The minimum atomic E-state index is -1.31. The van der Waals surface area contributed by atoms with Crippen LogP contribution in [0.15, 0.2) is 30.3 Å². The molecule has 0 aliphatic carbocycles. The summed E-state index contributed by atoms with van der Waals surface area (Å²) >= 11 is 0. The van der Waals surface area contributed by atoms with Crippen LogP contribution in [0.4, 0.5) is 4.39 Å². The molecule has 5 nitrogen and oxygen atoms in total. The molecule has 1 saturated heterocycles. The first-order chi connectivity index (χ1) is 10.9. The molecule has 1 fully saturated rings. The zero-order valence-electron chi connectivity index (χ0n) is 13.4. The summed E-state index contributed by atoms with van der Waals surface area (Å²) in [5.41, 5.74) is 0.386. The minimum Gasteiger partial charge on any atom is -0.459 e. The number of hydrogen-bond donors (Lipinski definition) is 0. The first-order valence-corrected chi connectivity index (χ1v) is 7.59. The Hall–Kier alpha value is -1.95. The van der Waals surface area contributed by atoms with E-state index >= 15 is 0 Å². The molecule has 126 valence electrons. The fraction of sp³-hybridized carbons (Fsp3) is 0.529. The van der Waals surface area contributed by atoms with Crippen LogP contribution in [-0.2, 0) is 19.0 Å². The SMILES string of the molecule is CC(=O)OC1OC(COC(=O)c2ccccc2)C(F)C(C)C1C. The van der Waals surface area contributed by atoms with Gasteiger partial charge in [-0.2, -0.15) is 0 Å². The maximum absolute atomic E-state index is 14.4. The molecule has 5 atom stereocenters. The second kappa shape index (κ2) is 7.55. The quantitative estimate of drug-likeness (QED) is 0.797. The number of ether oxygens (including phenoxy) is 3. The summed E-state index contributed by atoms with van der Waals surface area (Å²) in [4.78, 5) is 23.0. The number of esters is 2. The normalized spacial score (nSPS) is 30.5. The predicted octanol–water partition coefficient (Wildman–Crippen LogP) is 2.74. The lowest BCUT2D eigenvalue weighted by Crippen LogP contribution is -2.50. The molecule has 0 N–H and O–H groups in total. The third-order valence-electron chi connectivity index (χ3n) is 4.10. The number of rotatable bonds is 4. The van der Waals surface area contributed by atoms with Gasteiger partial charge >= 0.3 is 11.9 Å². The Morgan fingerprint density at radius 3 is 2.43 bits per heavy atom. The summed E-state index contributed by atoms with van der Waals surface area (Å²) in [7, 11) is 0. The van der Waals surface area contributed by atoms with Gasteiger partial charge in [0.1, 0.15) is 18.9 Å². The minimum absolute atomic E-state index is 0.232. The molecular formula is C17H21FO5. The first kappa shape index (κ1) is 17.4. The molecule has 23 heavy (non-hydrogen) atoms. The topological polar surface area (TPSA) is 61.8 Å². The van der Waals surface area contributed by atoms with Crippen molar-refractivity contribution in [3.05, 3.63) is 35.9 Å². The largest absolute Gasteiger partial charge is 0.459 e. The molecule has 0 bridgehead atoms. The van der Waals surface area contributed by atoms with Crippen molar-refractivity contribution < 1.29 is 28.2 Å². The average molecular weight is 324 g/mol. The Labute approximate surface area is 134 Å². The number of alkyl halides is 1. The van der Waals surface area contributed by atoms with Gasteiger partial charge in [-0.25, -0.2) is 9.18 Å². The van der Waals surface area contributed by atoms with Crippen LogP contribution >= 0.6 is 0 Å². The first-order valence-electron chi connectivity index (χ1n) is 7.59. The van der Waals surface area contributed by atoms with Gasteiger partial charge in [0.2, 0.25) is 6.29 Å². The lowest BCUT2D eigenvalue weighted by atomic mass is 9.86. The van der Waals surface area contributed by atoms with Crippen LogP contribution in [0, 0.1) is 11.8 Å². The lowest BCUT2D eigenvalue weighted by Gasteiger charge is -2.40. The van der Waals surface area contributed by atoms with Gasteiger partial charge in [-0.3, -0.25) is 4.79 Å². The highest BCUT2D eigenvalue weighted by Crippen LogP contribution is 2.33. The lowest BCUT2D eigenvalue weighted by molar-refractivity contribution is -0.250. The molecule has 2 rings (SSSR count). The standard InChI is InChI=1S/C17H21FO5/c1-10-11(2)17(22-12(3)19)23-14(15(10)18)9-21-16(20)13-7-5-4-6-8-13/h4-8,10-11,14-15,17H,9H2,1-3H3.